The van der Waals surface area contributed by atoms with Crippen molar-refractivity contribution in [1.29, 1.82) is 0 Å². The van der Waals surface area contributed by atoms with Crippen molar-refractivity contribution >= 4 is 17.1 Å². The molecule has 0 bridgehead atoms. The highest BCUT2D eigenvalue weighted by molar-refractivity contribution is 5.88. The van der Waals surface area contributed by atoms with Gasteiger partial charge >= 0.3 is 6.18 Å². The van der Waals surface area contributed by atoms with Gasteiger partial charge in [0.1, 0.15) is 17.1 Å². The number of fused-ring (bicyclic) bond motifs is 1. The minimum atomic E-state index is -4.53. The summed E-state index contributed by atoms with van der Waals surface area (Å²) in [5, 5.41) is 11.7. The number of hydrogen-bond acceptors (Lipinski definition) is 5. The monoisotopic (exact) mass is 443 g/mol. The number of hydrogen-bond donors (Lipinski definition) is 0. The summed E-state index contributed by atoms with van der Waals surface area (Å²) in [5.74, 6) is 0.521. The minimum Gasteiger partial charge on any atom is -0.495 e. The molecular weight excluding hydrogens is 423 g/mol. The number of nitro groups is 1. The summed E-state index contributed by atoms with van der Waals surface area (Å²) in [7, 11) is 1.51. The Bertz CT molecular complexity index is 1190. The van der Waals surface area contributed by atoms with Crippen LogP contribution in [0.15, 0.2) is 54.7 Å². The number of methoxy groups -OCH3 is 1. The maximum Gasteiger partial charge on any atom is 0.433 e. The molecule has 0 amide bonds. The van der Waals surface area contributed by atoms with Crippen LogP contribution in [-0.4, -0.2) is 23.6 Å². The number of anilines is 2. The Morgan fingerprint density at radius 2 is 1.84 bits per heavy atom. The Morgan fingerprint density at radius 1 is 1.12 bits per heavy atom. The van der Waals surface area contributed by atoms with E-state index in [4.69, 9.17) is 4.74 Å². The molecule has 0 saturated carbocycles. The molecule has 3 aromatic rings. The molecule has 1 aliphatic rings. The Morgan fingerprint density at radius 3 is 2.44 bits per heavy atom. The van der Waals surface area contributed by atoms with Crippen LogP contribution in [0.5, 0.6) is 5.75 Å². The van der Waals surface area contributed by atoms with Crippen LogP contribution in [0.2, 0.25) is 0 Å². The number of benzene rings is 2. The SMILES string of the molecule is COc1ccc(-c2ccc(C(F)(F)F)nc2)c2c1N(c1ccccc1[N+](=O)[O-])CC2(C)C. The Labute approximate surface area is 182 Å². The van der Waals surface area contributed by atoms with Crippen molar-refractivity contribution in [3.8, 4) is 16.9 Å². The van der Waals surface area contributed by atoms with E-state index < -0.39 is 22.2 Å². The highest BCUT2D eigenvalue weighted by Crippen LogP contribution is 2.54. The number of para-hydroxylation sites is 2. The lowest BCUT2D eigenvalue weighted by Gasteiger charge is -2.23. The van der Waals surface area contributed by atoms with E-state index in [0.717, 1.165) is 11.6 Å². The van der Waals surface area contributed by atoms with E-state index >= 15 is 0 Å². The molecule has 1 aromatic heterocycles. The van der Waals surface area contributed by atoms with E-state index in [9.17, 15) is 23.3 Å². The Kier molecular flexibility index (Phi) is 5.07. The minimum absolute atomic E-state index is 0.0418. The number of halogens is 3. The van der Waals surface area contributed by atoms with Gasteiger partial charge in [-0.3, -0.25) is 15.1 Å². The first-order valence-corrected chi connectivity index (χ1v) is 9.80. The van der Waals surface area contributed by atoms with Crippen LogP contribution in [-0.2, 0) is 11.6 Å². The zero-order valence-corrected chi connectivity index (χ0v) is 17.6. The van der Waals surface area contributed by atoms with E-state index in [-0.39, 0.29) is 5.69 Å². The second-order valence-electron chi connectivity index (χ2n) is 8.18. The molecular formula is C23H20F3N3O3. The number of nitrogens with zero attached hydrogens (tertiary/aromatic N) is 3. The van der Waals surface area contributed by atoms with Crippen LogP contribution in [0.4, 0.5) is 30.2 Å². The van der Waals surface area contributed by atoms with Gasteiger partial charge in [-0.2, -0.15) is 13.2 Å². The zero-order valence-electron chi connectivity index (χ0n) is 17.6. The number of ether oxygens (including phenoxy) is 1. The molecule has 2 aromatic carbocycles. The number of rotatable bonds is 4. The van der Waals surface area contributed by atoms with Crippen molar-refractivity contribution in [2.75, 3.05) is 18.6 Å². The van der Waals surface area contributed by atoms with Crippen LogP contribution in [0.25, 0.3) is 11.1 Å². The molecule has 0 saturated heterocycles. The summed E-state index contributed by atoms with van der Waals surface area (Å²) in [6, 6.07) is 12.3. The van der Waals surface area contributed by atoms with Gasteiger partial charge in [-0.15, -0.1) is 0 Å². The molecule has 0 aliphatic carbocycles. The number of nitro benzene ring substituents is 1. The molecule has 166 valence electrons. The van der Waals surface area contributed by atoms with E-state index in [1.165, 1.54) is 25.4 Å². The molecule has 0 spiro atoms. The summed E-state index contributed by atoms with van der Waals surface area (Å²) in [6.07, 6.45) is -3.32. The van der Waals surface area contributed by atoms with Crippen molar-refractivity contribution in [2.45, 2.75) is 25.4 Å². The maximum absolute atomic E-state index is 13.0. The van der Waals surface area contributed by atoms with E-state index in [1.54, 1.807) is 30.3 Å². The van der Waals surface area contributed by atoms with E-state index in [0.29, 0.717) is 34.8 Å². The average molecular weight is 443 g/mol. The number of alkyl halides is 3. The molecule has 0 fully saturated rings. The second-order valence-corrected chi connectivity index (χ2v) is 8.18. The number of aromatic nitrogens is 1. The third-order valence-electron chi connectivity index (χ3n) is 5.60. The lowest BCUT2D eigenvalue weighted by Crippen LogP contribution is -2.25. The van der Waals surface area contributed by atoms with Crippen molar-refractivity contribution < 1.29 is 22.8 Å². The fourth-order valence-electron chi connectivity index (χ4n) is 4.26. The maximum atomic E-state index is 13.0. The topological polar surface area (TPSA) is 68.5 Å². The molecule has 0 unspecified atom stereocenters. The Hall–Kier alpha value is -3.62. The largest absolute Gasteiger partial charge is 0.495 e. The summed E-state index contributed by atoms with van der Waals surface area (Å²) in [6.45, 7) is 4.40. The van der Waals surface area contributed by atoms with Crippen LogP contribution < -0.4 is 9.64 Å². The molecule has 1 aliphatic heterocycles. The van der Waals surface area contributed by atoms with Crippen molar-refractivity contribution in [1.82, 2.24) is 4.98 Å². The highest BCUT2D eigenvalue weighted by atomic mass is 19.4. The van der Waals surface area contributed by atoms with Gasteiger partial charge in [-0.05, 0) is 29.3 Å². The summed E-state index contributed by atoms with van der Waals surface area (Å²) in [4.78, 5) is 16.7. The lowest BCUT2D eigenvalue weighted by atomic mass is 9.82. The molecule has 32 heavy (non-hydrogen) atoms. The molecule has 0 atom stereocenters. The standard InChI is InChI=1S/C23H20F3N3O3/c1-22(2)13-28(16-6-4-5-7-17(16)29(30)31)21-18(32-3)10-9-15(20(21)22)14-8-11-19(27-12-14)23(24,25)26/h4-12H,13H2,1-3H3. The van der Waals surface area contributed by atoms with Crippen molar-refractivity contribution in [3.05, 3.63) is 76.1 Å². The summed E-state index contributed by atoms with van der Waals surface area (Å²) < 4.78 is 44.5. The molecule has 9 heteroatoms. The van der Waals surface area contributed by atoms with Gasteiger partial charge in [0.05, 0.1) is 17.7 Å². The van der Waals surface area contributed by atoms with Crippen molar-refractivity contribution in [2.24, 2.45) is 0 Å². The van der Waals surface area contributed by atoms with E-state index in [1.807, 2.05) is 18.7 Å². The van der Waals surface area contributed by atoms with Gasteiger partial charge in [0.2, 0.25) is 0 Å². The smallest absolute Gasteiger partial charge is 0.433 e. The zero-order chi connectivity index (χ0) is 23.3. The second kappa shape index (κ2) is 7.51. The first-order valence-electron chi connectivity index (χ1n) is 9.80. The van der Waals surface area contributed by atoms with Crippen LogP contribution in [0.1, 0.15) is 25.1 Å². The predicted molar refractivity (Wildman–Crippen MR) is 114 cm³/mol. The fourth-order valence-corrected chi connectivity index (χ4v) is 4.26. The normalized spacial score (nSPS) is 14.9. The first-order chi connectivity index (χ1) is 15.0. The van der Waals surface area contributed by atoms with Crippen molar-refractivity contribution in [3.63, 3.8) is 0 Å². The number of pyridine rings is 1. The summed E-state index contributed by atoms with van der Waals surface area (Å²) >= 11 is 0. The summed E-state index contributed by atoms with van der Waals surface area (Å²) in [5.41, 5.74) is 1.64. The van der Waals surface area contributed by atoms with Gasteiger partial charge in [-0.1, -0.05) is 38.1 Å². The van der Waals surface area contributed by atoms with Gasteiger partial charge in [0.25, 0.3) is 5.69 Å². The average Bonchev–Trinajstić information content (AvgIpc) is 3.04. The van der Waals surface area contributed by atoms with Gasteiger partial charge in [0, 0.05) is 29.8 Å². The quantitative estimate of drug-likeness (QED) is 0.359. The highest BCUT2D eigenvalue weighted by Gasteiger charge is 2.42. The van der Waals surface area contributed by atoms with E-state index in [2.05, 4.69) is 4.98 Å². The van der Waals surface area contributed by atoms with Gasteiger partial charge < -0.3 is 9.64 Å². The third-order valence-corrected chi connectivity index (χ3v) is 5.60. The molecule has 6 nitrogen and oxygen atoms in total. The third kappa shape index (κ3) is 3.53. The van der Waals surface area contributed by atoms with Gasteiger partial charge in [-0.25, -0.2) is 0 Å². The first kappa shape index (κ1) is 21.6. The fraction of sp³-hybridized carbons (Fsp3) is 0.261. The van der Waals surface area contributed by atoms with Gasteiger partial charge in [0.15, 0.2) is 0 Å². The van der Waals surface area contributed by atoms with Crippen LogP contribution >= 0.6 is 0 Å². The Balaban J connectivity index is 1.93. The predicted octanol–water partition coefficient (Wildman–Crippen LogP) is 6.11. The molecule has 0 radical (unpaired) electrons. The molecule has 0 N–H and O–H groups in total. The van der Waals surface area contributed by atoms with Crippen LogP contribution in [0, 0.1) is 10.1 Å². The molecule has 2 heterocycles. The molecule has 4 rings (SSSR count). The van der Waals surface area contributed by atoms with Crippen LogP contribution in [0.3, 0.4) is 0 Å². The lowest BCUT2D eigenvalue weighted by molar-refractivity contribution is -0.384.